The van der Waals surface area contributed by atoms with Crippen molar-refractivity contribution in [1.82, 2.24) is 0 Å². The summed E-state index contributed by atoms with van der Waals surface area (Å²) in [6.07, 6.45) is 2.37. The van der Waals surface area contributed by atoms with Gasteiger partial charge in [0.1, 0.15) is 0 Å². The summed E-state index contributed by atoms with van der Waals surface area (Å²) in [6.45, 7) is 11.6. The number of hydrogen-bond donors (Lipinski definition) is 0. The third-order valence-electron chi connectivity index (χ3n) is 6.18. The molecule has 0 radical (unpaired) electrons. The Labute approximate surface area is 157 Å². The summed E-state index contributed by atoms with van der Waals surface area (Å²) < 4.78 is 5.01. The van der Waals surface area contributed by atoms with Crippen molar-refractivity contribution in [3.8, 4) is 0 Å². The number of ether oxygens (including phenoxy) is 1. The SMILES string of the molecule is COC(=O)c1ccccc1C(C)c1cccc2c1C(C)(C)CCC2(C)C. The Hall–Kier alpha value is -2.09. The van der Waals surface area contributed by atoms with Gasteiger partial charge in [0.25, 0.3) is 0 Å². The average molecular weight is 351 g/mol. The first kappa shape index (κ1) is 18.7. The maximum atomic E-state index is 12.3. The van der Waals surface area contributed by atoms with Gasteiger partial charge in [-0.1, -0.05) is 71.0 Å². The maximum absolute atomic E-state index is 12.3. The van der Waals surface area contributed by atoms with E-state index in [4.69, 9.17) is 4.74 Å². The highest BCUT2D eigenvalue weighted by Crippen LogP contribution is 2.49. The van der Waals surface area contributed by atoms with Gasteiger partial charge in [-0.2, -0.15) is 0 Å². The van der Waals surface area contributed by atoms with E-state index in [1.807, 2.05) is 18.2 Å². The van der Waals surface area contributed by atoms with E-state index in [2.05, 4.69) is 58.9 Å². The molecule has 138 valence electrons. The molecule has 0 bridgehead atoms. The summed E-state index contributed by atoms with van der Waals surface area (Å²) >= 11 is 0. The second-order valence-corrected chi connectivity index (χ2v) is 8.84. The van der Waals surface area contributed by atoms with Gasteiger partial charge in [0.2, 0.25) is 0 Å². The molecule has 2 aromatic carbocycles. The van der Waals surface area contributed by atoms with Crippen LogP contribution in [0.4, 0.5) is 0 Å². The van der Waals surface area contributed by atoms with Gasteiger partial charge in [-0.05, 0) is 52.0 Å². The van der Waals surface area contributed by atoms with Crippen molar-refractivity contribution < 1.29 is 9.53 Å². The van der Waals surface area contributed by atoms with Gasteiger partial charge in [-0.3, -0.25) is 0 Å². The molecule has 0 saturated carbocycles. The minimum absolute atomic E-state index is 0.133. The number of fused-ring (bicyclic) bond motifs is 1. The zero-order valence-corrected chi connectivity index (χ0v) is 16.8. The number of benzene rings is 2. The third-order valence-corrected chi connectivity index (χ3v) is 6.18. The molecule has 1 atom stereocenters. The van der Waals surface area contributed by atoms with E-state index in [1.54, 1.807) is 0 Å². The van der Waals surface area contributed by atoms with Gasteiger partial charge >= 0.3 is 5.97 Å². The van der Waals surface area contributed by atoms with Crippen LogP contribution in [-0.4, -0.2) is 13.1 Å². The van der Waals surface area contributed by atoms with Crippen LogP contribution in [0.3, 0.4) is 0 Å². The van der Waals surface area contributed by atoms with Gasteiger partial charge in [-0.25, -0.2) is 4.79 Å². The van der Waals surface area contributed by atoms with E-state index < -0.39 is 0 Å². The summed E-state index contributed by atoms with van der Waals surface area (Å²) in [5.41, 5.74) is 6.26. The van der Waals surface area contributed by atoms with Crippen LogP contribution >= 0.6 is 0 Å². The lowest BCUT2D eigenvalue weighted by Crippen LogP contribution is -2.35. The minimum Gasteiger partial charge on any atom is -0.465 e. The lowest BCUT2D eigenvalue weighted by Gasteiger charge is -2.44. The molecule has 0 amide bonds. The van der Waals surface area contributed by atoms with E-state index in [1.165, 1.54) is 36.6 Å². The Bertz CT molecular complexity index is 830. The monoisotopic (exact) mass is 350 g/mol. The predicted octanol–water partition coefficient (Wildman–Crippen LogP) is 5.97. The standard InChI is InChI=1S/C24H30O2/c1-16(17-10-7-8-11-19(17)22(25)26-6)18-12-9-13-20-21(18)24(4,5)15-14-23(20,2)3/h7-13,16H,14-15H2,1-6H3. The van der Waals surface area contributed by atoms with Crippen LogP contribution in [0.2, 0.25) is 0 Å². The van der Waals surface area contributed by atoms with Crippen LogP contribution in [0.25, 0.3) is 0 Å². The van der Waals surface area contributed by atoms with Gasteiger partial charge in [-0.15, -0.1) is 0 Å². The van der Waals surface area contributed by atoms with Gasteiger partial charge in [0.15, 0.2) is 0 Å². The molecule has 0 saturated heterocycles. The summed E-state index contributed by atoms with van der Waals surface area (Å²) in [4.78, 5) is 12.3. The van der Waals surface area contributed by atoms with Gasteiger partial charge < -0.3 is 4.74 Å². The summed E-state index contributed by atoms with van der Waals surface area (Å²) in [5, 5.41) is 0. The first-order valence-electron chi connectivity index (χ1n) is 9.50. The van der Waals surface area contributed by atoms with Crippen molar-refractivity contribution in [2.45, 2.75) is 64.2 Å². The van der Waals surface area contributed by atoms with Crippen molar-refractivity contribution in [2.75, 3.05) is 7.11 Å². The van der Waals surface area contributed by atoms with Crippen molar-refractivity contribution in [2.24, 2.45) is 0 Å². The largest absolute Gasteiger partial charge is 0.465 e. The minimum atomic E-state index is -0.267. The number of hydrogen-bond acceptors (Lipinski definition) is 2. The molecule has 1 aliphatic rings. The molecule has 0 spiro atoms. The average Bonchev–Trinajstić information content (AvgIpc) is 2.64. The maximum Gasteiger partial charge on any atom is 0.338 e. The van der Waals surface area contributed by atoms with Crippen LogP contribution in [0.5, 0.6) is 0 Å². The fourth-order valence-electron chi connectivity index (χ4n) is 4.47. The molecular weight excluding hydrogens is 320 g/mol. The van der Waals surface area contributed by atoms with Crippen LogP contribution in [-0.2, 0) is 15.6 Å². The van der Waals surface area contributed by atoms with Crippen LogP contribution < -0.4 is 0 Å². The highest BCUT2D eigenvalue weighted by Gasteiger charge is 2.39. The van der Waals surface area contributed by atoms with Crippen molar-refractivity contribution in [1.29, 1.82) is 0 Å². The van der Waals surface area contributed by atoms with Crippen molar-refractivity contribution >= 4 is 5.97 Å². The van der Waals surface area contributed by atoms with E-state index >= 15 is 0 Å². The second kappa shape index (κ2) is 6.57. The van der Waals surface area contributed by atoms with E-state index in [9.17, 15) is 4.79 Å². The summed E-state index contributed by atoms with van der Waals surface area (Å²) in [5.74, 6) is -0.134. The Kier molecular flexibility index (Phi) is 4.72. The molecule has 2 aromatic rings. The van der Waals surface area contributed by atoms with Gasteiger partial charge in [0, 0.05) is 5.92 Å². The zero-order valence-electron chi connectivity index (χ0n) is 16.8. The Balaban J connectivity index is 2.20. The number of rotatable bonds is 3. The molecule has 1 unspecified atom stereocenters. The van der Waals surface area contributed by atoms with Crippen LogP contribution in [0.1, 0.15) is 86.0 Å². The molecule has 2 nitrogen and oxygen atoms in total. The normalized spacial score (nSPS) is 18.7. The van der Waals surface area contributed by atoms with Crippen molar-refractivity contribution in [3.05, 3.63) is 70.3 Å². The molecule has 0 heterocycles. The number of esters is 1. The number of methoxy groups -OCH3 is 1. The van der Waals surface area contributed by atoms with Crippen LogP contribution in [0, 0.1) is 0 Å². The Morgan fingerprint density at radius 2 is 1.54 bits per heavy atom. The lowest BCUT2D eigenvalue weighted by molar-refractivity contribution is 0.0599. The molecule has 0 N–H and O–H groups in total. The molecule has 3 rings (SSSR count). The quantitative estimate of drug-likeness (QED) is 0.637. The van der Waals surface area contributed by atoms with Gasteiger partial charge in [0.05, 0.1) is 12.7 Å². The predicted molar refractivity (Wildman–Crippen MR) is 107 cm³/mol. The molecule has 0 fully saturated rings. The highest BCUT2D eigenvalue weighted by atomic mass is 16.5. The van der Waals surface area contributed by atoms with Crippen LogP contribution in [0.15, 0.2) is 42.5 Å². The molecular formula is C24H30O2. The fraction of sp³-hybridized carbons (Fsp3) is 0.458. The zero-order chi connectivity index (χ0) is 19.1. The molecule has 26 heavy (non-hydrogen) atoms. The topological polar surface area (TPSA) is 26.3 Å². The second-order valence-electron chi connectivity index (χ2n) is 8.84. The number of carbonyl (C=O) groups is 1. The Morgan fingerprint density at radius 3 is 2.23 bits per heavy atom. The lowest BCUT2D eigenvalue weighted by atomic mass is 9.61. The fourth-order valence-corrected chi connectivity index (χ4v) is 4.47. The Morgan fingerprint density at radius 1 is 0.923 bits per heavy atom. The summed E-state index contributed by atoms with van der Waals surface area (Å²) in [7, 11) is 1.44. The molecule has 1 aliphatic carbocycles. The van der Waals surface area contributed by atoms with E-state index in [0.29, 0.717) is 5.56 Å². The van der Waals surface area contributed by atoms with Crippen molar-refractivity contribution in [3.63, 3.8) is 0 Å². The van der Waals surface area contributed by atoms with E-state index in [-0.39, 0.29) is 22.7 Å². The highest BCUT2D eigenvalue weighted by molar-refractivity contribution is 5.91. The smallest absolute Gasteiger partial charge is 0.338 e. The van der Waals surface area contributed by atoms with E-state index in [0.717, 1.165) is 5.56 Å². The molecule has 0 aromatic heterocycles. The first-order valence-corrected chi connectivity index (χ1v) is 9.50. The first-order chi connectivity index (χ1) is 12.2. The molecule has 2 heteroatoms. The number of carbonyl (C=O) groups excluding carboxylic acids is 1. The third kappa shape index (κ3) is 3.06. The summed E-state index contributed by atoms with van der Waals surface area (Å²) in [6, 6.07) is 14.5. The molecule has 0 aliphatic heterocycles.